The predicted octanol–water partition coefficient (Wildman–Crippen LogP) is 2.98. The Morgan fingerprint density at radius 2 is 1.64 bits per heavy atom. The third-order valence-electron chi connectivity index (χ3n) is 3.22. The van der Waals surface area contributed by atoms with Crippen molar-refractivity contribution in [3.8, 4) is 0 Å². The van der Waals surface area contributed by atoms with Crippen LogP contribution in [0.1, 0.15) is 33.1 Å². The molecule has 0 bridgehead atoms. The lowest BCUT2D eigenvalue weighted by molar-refractivity contribution is -0.223. The molecule has 0 aromatic carbocycles. The molecule has 0 amide bonds. The van der Waals surface area contributed by atoms with Crippen LogP contribution in [0.5, 0.6) is 0 Å². The number of rotatable bonds is 2. The van der Waals surface area contributed by atoms with E-state index >= 15 is 0 Å². The van der Waals surface area contributed by atoms with Crippen molar-refractivity contribution in [1.82, 2.24) is 0 Å². The van der Waals surface area contributed by atoms with E-state index in [1.165, 1.54) is 0 Å². The predicted molar refractivity (Wildman–Crippen MR) is 47.7 cm³/mol. The molecule has 0 aliphatic heterocycles. The Bertz CT molecular complexity index is 188. The average molecular weight is 210 g/mol. The summed E-state index contributed by atoms with van der Waals surface area (Å²) in [6, 6.07) is 0. The van der Waals surface area contributed by atoms with Gasteiger partial charge in [-0.2, -0.15) is 13.2 Å². The van der Waals surface area contributed by atoms with Crippen LogP contribution < -0.4 is 0 Å². The highest BCUT2D eigenvalue weighted by atomic mass is 19.4. The van der Waals surface area contributed by atoms with Crippen LogP contribution in [-0.4, -0.2) is 17.4 Å². The molecule has 0 heterocycles. The van der Waals surface area contributed by atoms with E-state index in [1.807, 2.05) is 13.8 Å². The maximum Gasteiger partial charge on any atom is 0.414 e. The summed E-state index contributed by atoms with van der Waals surface area (Å²) >= 11 is 0. The fourth-order valence-electron chi connectivity index (χ4n) is 2.48. The second kappa shape index (κ2) is 4.09. The van der Waals surface area contributed by atoms with Gasteiger partial charge in [0.05, 0.1) is 0 Å². The Labute approximate surface area is 82.3 Å². The highest BCUT2D eigenvalue weighted by Gasteiger charge is 2.47. The molecule has 84 valence electrons. The van der Waals surface area contributed by atoms with Gasteiger partial charge in [-0.25, -0.2) is 0 Å². The highest BCUT2D eigenvalue weighted by molar-refractivity contribution is 4.87. The molecule has 1 aliphatic rings. The number of hydrogen-bond donors (Lipinski definition) is 1. The molecular weight excluding hydrogens is 193 g/mol. The van der Waals surface area contributed by atoms with Gasteiger partial charge in [-0.3, -0.25) is 0 Å². The molecule has 4 heteroatoms. The fourth-order valence-corrected chi connectivity index (χ4v) is 2.48. The molecule has 1 N–H and O–H groups in total. The third kappa shape index (κ3) is 2.41. The minimum Gasteiger partial charge on any atom is -0.383 e. The maximum absolute atomic E-state index is 12.3. The van der Waals surface area contributed by atoms with E-state index < -0.39 is 18.2 Å². The summed E-state index contributed by atoms with van der Waals surface area (Å²) < 4.78 is 36.9. The summed E-state index contributed by atoms with van der Waals surface area (Å²) in [4.78, 5) is 0. The van der Waals surface area contributed by atoms with Gasteiger partial charge in [-0.15, -0.1) is 0 Å². The Balaban J connectivity index is 2.67. The van der Waals surface area contributed by atoms with Crippen LogP contribution in [0.3, 0.4) is 0 Å². The zero-order valence-corrected chi connectivity index (χ0v) is 8.51. The zero-order chi connectivity index (χ0) is 10.9. The van der Waals surface area contributed by atoms with Crippen molar-refractivity contribution in [1.29, 1.82) is 0 Å². The first-order valence-electron chi connectivity index (χ1n) is 5.09. The lowest BCUT2D eigenvalue weighted by Crippen LogP contribution is -2.38. The number of halogens is 3. The number of alkyl halides is 3. The summed E-state index contributed by atoms with van der Waals surface area (Å²) in [5.41, 5.74) is 0. The molecule has 1 nitrogen and oxygen atoms in total. The van der Waals surface area contributed by atoms with Crippen LogP contribution in [0.4, 0.5) is 13.2 Å². The van der Waals surface area contributed by atoms with Crippen LogP contribution in [-0.2, 0) is 0 Å². The molecule has 3 unspecified atom stereocenters. The Morgan fingerprint density at radius 3 is 2.07 bits per heavy atom. The van der Waals surface area contributed by atoms with Gasteiger partial charge in [0.25, 0.3) is 0 Å². The topological polar surface area (TPSA) is 20.2 Å². The minimum absolute atomic E-state index is 0.0200. The lowest BCUT2D eigenvalue weighted by atomic mass is 9.82. The largest absolute Gasteiger partial charge is 0.414 e. The highest BCUT2D eigenvalue weighted by Crippen LogP contribution is 2.42. The van der Waals surface area contributed by atoms with Crippen molar-refractivity contribution in [2.24, 2.45) is 17.8 Å². The van der Waals surface area contributed by atoms with Crippen molar-refractivity contribution < 1.29 is 18.3 Å². The summed E-state index contributed by atoms with van der Waals surface area (Å²) in [6.07, 6.45) is -4.46. The van der Waals surface area contributed by atoms with Gasteiger partial charge in [0, 0.05) is 0 Å². The first kappa shape index (κ1) is 11.8. The fraction of sp³-hybridized carbons (Fsp3) is 1.00. The second-order valence-electron chi connectivity index (χ2n) is 4.49. The quantitative estimate of drug-likeness (QED) is 0.742. The van der Waals surface area contributed by atoms with Gasteiger partial charge < -0.3 is 5.11 Å². The number of aliphatic hydroxyl groups is 1. The van der Waals surface area contributed by atoms with Crippen molar-refractivity contribution in [3.63, 3.8) is 0 Å². The standard InChI is InChI=1S/C10H17F3O/c1-6(2)7-4-3-5-8(7)9(14)10(11,12)13/h6-9,14H,3-5H2,1-2H3. The van der Waals surface area contributed by atoms with Gasteiger partial charge >= 0.3 is 6.18 Å². The first-order valence-corrected chi connectivity index (χ1v) is 5.09. The minimum atomic E-state index is -4.46. The van der Waals surface area contributed by atoms with E-state index in [9.17, 15) is 18.3 Å². The average Bonchev–Trinajstić information content (AvgIpc) is 2.48. The maximum atomic E-state index is 12.3. The van der Waals surface area contributed by atoms with E-state index in [1.54, 1.807) is 0 Å². The molecular formula is C10H17F3O. The normalized spacial score (nSPS) is 31.1. The number of aliphatic hydroxyl groups excluding tert-OH is 1. The smallest absolute Gasteiger partial charge is 0.383 e. The van der Waals surface area contributed by atoms with Gasteiger partial charge in [0.1, 0.15) is 0 Å². The summed E-state index contributed by atoms with van der Waals surface area (Å²) in [5.74, 6) is -0.346. The van der Waals surface area contributed by atoms with Gasteiger partial charge in [0.15, 0.2) is 6.10 Å². The summed E-state index contributed by atoms with van der Waals surface area (Å²) in [5, 5.41) is 9.18. The van der Waals surface area contributed by atoms with Crippen LogP contribution in [0.15, 0.2) is 0 Å². The lowest BCUT2D eigenvalue weighted by Gasteiger charge is -2.28. The second-order valence-corrected chi connectivity index (χ2v) is 4.49. The molecule has 3 atom stereocenters. The van der Waals surface area contributed by atoms with E-state index in [-0.39, 0.29) is 11.8 Å². The molecule has 1 saturated carbocycles. The van der Waals surface area contributed by atoms with E-state index in [0.29, 0.717) is 6.42 Å². The van der Waals surface area contributed by atoms with Gasteiger partial charge in [0.2, 0.25) is 0 Å². The van der Waals surface area contributed by atoms with Crippen LogP contribution >= 0.6 is 0 Å². The van der Waals surface area contributed by atoms with Gasteiger partial charge in [-0.05, 0) is 30.6 Å². The van der Waals surface area contributed by atoms with Crippen molar-refractivity contribution in [2.45, 2.75) is 45.4 Å². The summed E-state index contributed by atoms with van der Waals surface area (Å²) in [7, 11) is 0. The molecule has 1 fully saturated rings. The van der Waals surface area contributed by atoms with Crippen molar-refractivity contribution >= 4 is 0 Å². The van der Waals surface area contributed by atoms with Crippen LogP contribution in [0.2, 0.25) is 0 Å². The van der Waals surface area contributed by atoms with E-state index in [2.05, 4.69) is 0 Å². The monoisotopic (exact) mass is 210 g/mol. The van der Waals surface area contributed by atoms with E-state index in [0.717, 1.165) is 12.8 Å². The summed E-state index contributed by atoms with van der Waals surface area (Å²) in [6.45, 7) is 3.85. The Hall–Kier alpha value is -0.250. The van der Waals surface area contributed by atoms with Gasteiger partial charge in [-0.1, -0.05) is 20.3 Å². The third-order valence-corrected chi connectivity index (χ3v) is 3.22. The molecule has 0 radical (unpaired) electrons. The molecule has 1 aliphatic carbocycles. The molecule has 0 aromatic rings. The molecule has 0 spiro atoms. The Morgan fingerprint density at radius 1 is 1.14 bits per heavy atom. The zero-order valence-electron chi connectivity index (χ0n) is 8.51. The molecule has 0 saturated heterocycles. The first-order chi connectivity index (χ1) is 6.34. The molecule has 14 heavy (non-hydrogen) atoms. The van der Waals surface area contributed by atoms with Crippen molar-refractivity contribution in [2.75, 3.05) is 0 Å². The molecule has 1 rings (SSSR count). The van der Waals surface area contributed by atoms with Crippen LogP contribution in [0.25, 0.3) is 0 Å². The molecule has 0 aromatic heterocycles. The SMILES string of the molecule is CC(C)C1CCCC1C(O)C(F)(F)F. The Kier molecular flexibility index (Phi) is 3.45. The van der Waals surface area contributed by atoms with Crippen LogP contribution in [0, 0.1) is 17.8 Å². The van der Waals surface area contributed by atoms with E-state index in [4.69, 9.17) is 0 Å². The number of hydrogen-bond acceptors (Lipinski definition) is 1. The van der Waals surface area contributed by atoms with Crippen molar-refractivity contribution in [3.05, 3.63) is 0 Å².